The Kier molecular flexibility index (Phi) is 5.30. The molecule has 0 radical (unpaired) electrons. The van der Waals surface area contributed by atoms with E-state index in [0.717, 1.165) is 49.4 Å². The van der Waals surface area contributed by atoms with Gasteiger partial charge in [0, 0.05) is 13.1 Å². The minimum Gasteiger partial charge on any atom is -0.481 e. The maximum absolute atomic E-state index is 13.2. The van der Waals surface area contributed by atoms with Gasteiger partial charge in [-0.1, -0.05) is 24.3 Å². The molecule has 0 aromatic heterocycles. The van der Waals surface area contributed by atoms with Gasteiger partial charge in [0.15, 0.2) is 0 Å². The van der Waals surface area contributed by atoms with Gasteiger partial charge in [0.05, 0.1) is 28.5 Å². The lowest BCUT2D eigenvalue weighted by Crippen LogP contribution is -2.40. The lowest BCUT2D eigenvalue weighted by Gasteiger charge is -2.31. The first kappa shape index (κ1) is 18.5. The fraction of sp³-hybridized carbons (Fsp3) is 0.364. The van der Waals surface area contributed by atoms with Gasteiger partial charge in [0.1, 0.15) is 0 Å². The number of fused-ring (bicyclic) bond motifs is 2. The molecule has 2 aromatic rings. The number of piperidine rings is 1. The number of anilines is 3. The molecule has 0 saturated carbocycles. The molecule has 0 bridgehead atoms. The Hall–Kier alpha value is -2.86. The van der Waals surface area contributed by atoms with E-state index in [4.69, 9.17) is 0 Å². The zero-order valence-electron chi connectivity index (χ0n) is 15.8. The number of para-hydroxylation sites is 3. The fourth-order valence-corrected chi connectivity index (χ4v) is 4.13. The molecule has 2 aromatic carbocycles. The number of hydrogen-bond acceptors (Lipinski definition) is 4. The number of carboxylic acid groups (broad SMARTS) is 1. The van der Waals surface area contributed by atoms with E-state index in [1.54, 1.807) is 0 Å². The lowest BCUT2D eigenvalue weighted by molar-refractivity contribution is -0.143. The molecule has 2 N–H and O–H groups in total. The van der Waals surface area contributed by atoms with Gasteiger partial charge in [-0.05, 0) is 56.6 Å². The van der Waals surface area contributed by atoms with Crippen LogP contribution in [-0.2, 0) is 4.79 Å². The summed E-state index contributed by atoms with van der Waals surface area (Å²) in [5.74, 6) is -0.982. The van der Waals surface area contributed by atoms with Crippen molar-refractivity contribution in [1.29, 1.82) is 0 Å². The number of carbonyl (C=O) groups excluding carboxylic acids is 1. The molecule has 2 heterocycles. The van der Waals surface area contributed by atoms with Crippen LogP contribution in [0.4, 0.5) is 17.1 Å². The summed E-state index contributed by atoms with van der Waals surface area (Å²) >= 11 is 0. The minimum absolute atomic E-state index is 0.00453. The predicted molar refractivity (Wildman–Crippen MR) is 109 cm³/mol. The molecule has 28 heavy (non-hydrogen) atoms. The van der Waals surface area contributed by atoms with Crippen LogP contribution in [0.15, 0.2) is 48.5 Å². The number of carbonyl (C=O) groups is 2. The largest absolute Gasteiger partial charge is 0.481 e. The maximum Gasteiger partial charge on any atom is 0.307 e. The second-order valence-corrected chi connectivity index (χ2v) is 7.48. The predicted octanol–water partition coefficient (Wildman–Crippen LogP) is 3.58. The summed E-state index contributed by atoms with van der Waals surface area (Å²) in [7, 11) is 0. The van der Waals surface area contributed by atoms with Crippen LogP contribution < -0.4 is 10.2 Å². The van der Waals surface area contributed by atoms with Gasteiger partial charge in [-0.15, -0.1) is 0 Å². The number of nitrogens with one attached hydrogen (secondary N) is 1. The average Bonchev–Trinajstić information content (AvgIpc) is 2.83. The number of nitrogens with zero attached hydrogens (tertiary/aromatic N) is 2. The van der Waals surface area contributed by atoms with E-state index < -0.39 is 5.97 Å². The molecule has 1 unspecified atom stereocenters. The molecule has 4 rings (SSSR count). The summed E-state index contributed by atoms with van der Waals surface area (Å²) < 4.78 is 0. The van der Waals surface area contributed by atoms with Crippen LogP contribution >= 0.6 is 0 Å². The Morgan fingerprint density at radius 3 is 2.64 bits per heavy atom. The maximum atomic E-state index is 13.2. The highest BCUT2D eigenvalue weighted by atomic mass is 16.4. The summed E-state index contributed by atoms with van der Waals surface area (Å²) in [6.45, 7) is 2.92. The van der Waals surface area contributed by atoms with Gasteiger partial charge in [-0.3, -0.25) is 9.59 Å². The highest BCUT2D eigenvalue weighted by Gasteiger charge is 2.27. The van der Waals surface area contributed by atoms with E-state index in [1.165, 1.54) is 0 Å². The van der Waals surface area contributed by atoms with Crippen molar-refractivity contribution in [2.75, 3.05) is 36.4 Å². The van der Waals surface area contributed by atoms with Crippen molar-refractivity contribution in [3.05, 3.63) is 54.1 Å². The third-order valence-electron chi connectivity index (χ3n) is 5.58. The van der Waals surface area contributed by atoms with Crippen molar-refractivity contribution in [1.82, 2.24) is 4.90 Å². The molecule has 1 fully saturated rings. The molecule has 6 heteroatoms. The van der Waals surface area contributed by atoms with Crippen LogP contribution in [0.3, 0.4) is 0 Å². The number of likely N-dealkylation sites (tertiary alicyclic amines) is 1. The van der Waals surface area contributed by atoms with E-state index in [9.17, 15) is 14.7 Å². The fourth-order valence-electron chi connectivity index (χ4n) is 4.13. The lowest BCUT2D eigenvalue weighted by atomic mass is 9.98. The minimum atomic E-state index is -0.705. The number of amides is 1. The first-order chi connectivity index (χ1) is 13.6. The van der Waals surface area contributed by atoms with Crippen LogP contribution in [0.2, 0.25) is 0 Å². The third-order valence-corrected chi connectivity index (χ3v) is 5.58. The summed E-state index contributed by atoms with van der Waals surface area (Å²) in [6.07, 6.45) is 2.47. The second kappa shape index (κ2) is 8.02. The van der Waals surface area contributed by atoms with E-state index in [-0.39, 0.29) is 11.8 Å². The van der Waals surface area contributed by atoms with Crippen LogP contribution in [0.1, 0.15) is 29.6 Å². The molecule has 0 aliphatic carbocycles. The molecule has 1 atom stereocenters. The van der Waals surface area contributed by atoms with Crippen LogP contribution in [0, 0.1) is 5.92 Å². The van der Waals surface area contributed by atoms with Crippen molar-refractivity contribution < 1.29 is 14.7 Å². The standard InChI is InChI=1S/C22H25N3O3/c26-21-17-8-1-2-9-18(17)23-19-10-3-4-11-20(19)25(21)14-6-13-24-12-5-7-16(15-24)22(27)28/h1-4,8-11,16,23H,5-7,12-15H2,(H,27,28). The zero-order chi connectivity index (χ0) is 19.5. The monoisotopic (exact) mass is 379 g/mol. The summed E-state index contributed by atoms with van der Waals surface area (Å²) in [5, 5.41) is 12.7. The Morgan fingerprint density at radius 1 is 1.07 bits per heavy atom. The van der Waals surface area contributed by atoms with Gasteiger partial charge >= 0.3 is 5.97 Å². The Balaban J connectivity index is 1.49. The third kappa shape index (κ3) is 3.73. The number of carboxylic acids is 1. The Labute approximate surface area is 164 Å². The van der Waals surface area contributed by atoms with E-state index in [2.05, 4.69) is 10.2 Å². The highest BCUT2D eigenvalue weighted by molar-refractivity contribution is 6.13. The Bertz CT molecular complexity index is 883. The van der Waals surface area contributed by atoms with Crippen molar-refractivity contribution in [2.45, 2.75) is 19.3 Å². The summed E-state index contributed by atoms with van der Waals surface area (Å²) in [6, 6.07) is 15.4. The van der Waals surface area contributed by atoms with Crippen molar-refractivity contribution in [2.24, 2.45) is 5.92 Å². The molecular weight excluding hydrogens is 354 g/mol. The van der Waals surface area contributed by atoms with Crippen LogP contribution in [-0.4, -0.2) is 48.1 Å². The van der Waals surface area contributed by atoms with E-state index in [1.807, 2.05) is 53.4 Å². The molecule has 2 aliphatic heterocycles. The van der Waals surface area contributed by atoms with Crippen molar-refractivity contribution >= 4 is 28.9 Å². The van der Waals surface area contributed by atoms with Gasteiger partial charge < -0.3 is 20.2 Å². The number of aliphatic carboxylic acids is 1. The quantitative estimate of drug-likeness (QED) is 0.831. The van der Waals surface area contributed by atoms with Gasteiger partial charge in [-0.2, -0.15) is 0 Å². The molecule has 146 valence electrons. The topological polar surface area (TPSA) is 72.9 Å². The Morgan fingerprint density at radius 2 is 1.82 bits per heavy atom. The molecule has 6 nitrogen and oxygen atoms in total. The van der Waals surface area contributed by atoms with Crippen LogP contribution in [0.5, 0.6) is 0 Å². The number of rotatable bonds is 5. The van der Waals surface area contributed by atoms with Gasteiger partial charge in [-0.25, -0.2) is 0 Å². The summed E-state index contributed by atoms with van der Waals surface area (Å²) in [4.78, 5) is 28.5. The van der Waals surface area contributed by atoms with Crippen molar-refractivity contribution in [3.8, 4) is 0 Å². The second-order valence-electron chi connectivity index (χ2n) is 7.48. The zero-order valence-corrected chi connectivity index (χ0v) is 15.8. The van der Waals surface area contributed by atoms with E-state index in [0.29, 0.717) is 18.7 Å². The SMILES string of the molecule is O=C(O)C1CCCN(CCCN2C(=O)c3ccccc3Nc3ccccc32)C1. The smallest absolute Gasteiger partial charge is 0.307 e. The molecule has 1 amide bonds. The van der Waals surface area contributed by atoms with Crippen molar-refractivity contribution in [3.63, 3.8) is 0 Å². The summed E-state index contributed by atoms with van der Waals surface area (Å²) in [5.41, 5.74) is 3.29. The van der Waals surface area contributed by atoms with Gasteiger partial charge in [0.2, 0.25) is 0 Å². The first-order valence-corrected chi connectivity index (χ1v) is 9.85. The molecule has 1 saturated heterocycles. The highest BCUT2D eigenvalue weighted by Crippen LogP contribution is 2.35. The van der Waals surface area contributed by atoms with Crippen LogP contribution in [0.25, 0.3) is 0 Å². The van der Waals surface area contributed by atoms with Gasteiger partial charge in [0.25, 0.3) is 5.91 Å². The molecule has 2 aliphatic rings. The molecule has 0 spiro atoms. The van der Waals surface area contributed by atoms with E-state index >= 15 is 0 Å². The number of hydrogen-bond donors (Lipinski definition) is 2. The first-order valence-electron chi connectivity index (χ1n) is 9.85. The number of benzene rings is 2. The average molecular weight is 379 g/mol. The normalized spacial score (nSPS) is 19.4. The molecular formula is C22H25N3O3.